The van der Waals surface area contributed by atoms with Gasteiger partial charge < -0.3 is 15.2 Å². The largest absolute Gasteiger partial charge is 0.356 e. The van der Waals surface area contributed by atoms with Gasteiger partial charge in [-0.05, 0) is 6.92 Å². The van der Waals surface area contributed by atoms with Gasteiger partial charge in [0.05, 0.1) is 12.4 Å². The first-order valence-corrected chi connectivity index (χ1v) is 6.47. The molecule has 0 aromatic rings. The van der Waals surface area contributed by atoms with Gasteiger partial charge in [0.2, 0.25) is 0 Å². The van der Waals surface area contributed by atoms with Crippen molar-refractivity contribution in [1.29, 1.82) is 0 Å². The van der Waals surface area contributed by atoms with E-state index in [1.54, 1.807) is 6.92 Å². The number of nitrogens with two attached hydrogens (primary N) is 1. The van der Waals surface area contributed by atoms with Gasteiger partial charge in [0, 0.05) is 19.6 Å². The van der Waals surface area contributed by atoms with Crippen molar-refractivity contribution >= 4 is 10.1 Å². The van der Waals surface area contributed by atoms with Crippen LogP contribution in [0.25, 0.3) is 0 Å². The van der Waals surface area contributed by atoms with Gasteiger partial charge in [-0.2, -0.15) is 8.42 Å². The van der Waals surface area contributed by atoms with E-state index < -0.39 is 34.7 Å². The van der Waals surface area contributed by atoms with Gasteiger partial charge in [0.1, 0.15) is 6.10 Å². The van der Waals surface area contributed by atoms with E-state index in [1.165, 1.54) is 7.11 Å². The zero-order valence-corrected chi connectivity index (χ0v) is 9.86. The Kier molecular flexibility index (Phi) is 4.07. The summed E-state index contributed by atoms with van der Waals surface area (Å²) in [5, 5.41) is 0. The maximum atomic E-state index is 11.0. The van der Waals surface area contributed by atoms with Crippen LogP contribution in [0, 0.1) is 0 Å². The summed E-state index contributed by atoms with van der Waals surface area (Å²) in [5.74, 6) is 0. The summed E-state index contributed by atoms with van der Waals surface area (Å²) in [6.45, 7) is 1.71. The first kappa shape index (κ1) is 12.9. The van der Waals surface area contributed by atoms with E-state index in [4.69, 9.17) is 19.4 Å². The van der Waals surface area contributed by atoms with Crippen molar-refractivity contribution in [3.8, 4) is 0 Å². The highest BCUT2D eigenvalue weighted by atomic mass is 32.2. The van der Waals surface area contributed by atoms with Crippen LogP contribution < -0.4 is 5.73 Å². The molecule has 0 aliphatic carbocycles. The molecule has 1 aliphatic rings. The van der Waals surface area contributed by atoms with Gasteiger partial charge in [-0.1, -0.05) is 0 Å². The summed E-state index contributed by atoms with van der Waals surface area (Å²) in [5.41, 5.74) is 5.79. The van der Waals surface area contributed by atoms with E-state index >= 15 is 0 Å². The minimum atomic E-state index is -3.51. The first-order chi connectivity index (χ1) is 6.83. The number of hydrogen-bond acceptors (Lipinski definition) is 6. The van der Waals surface area contributed by atoms with Gasteiger partial charge in [-0.25, -0.2) is 0 Å². The zero-order valence-electron chi connectivity index (χ0n) is 9.04. The average molecular weight is 239 g/mol. The summed E-state index contributed by atoms with van der Waals surface area (Å²) >= 11 is 0. The summed E-state index contributed by atoms with van der Waals surface area (Å²) in [6.07, 6.45) is -0.0372. The molecule has 1 fully saturated rings. The Hall–Kier alpha value is -0.210. The Balaban J connectivity index is 2.66. The Morgan fingerprint density at radius 1 is 1.47 bits per heavy atom. The van der Waals surface area contributed by atoms with Crippen LogP contribution in [-0.4, -0.2) is 46.3 Å². The minimum absolute atomic E-state index is 0.394. The Morgan fingerprint density at radius 2 is 2.07 bits per heavy atom. The molecule has 0 bridgehead atoms. The second kappa shape index (κ2) is 4.75. The van der Waals surface area contributed by atoms with Gasteiger partial charge in [-0.3, -0.25) is 4.18 Å². The maximum absolute atomic E-state index is 11.0. The normalized spacial score (nSPS) is 37.9. The summed E-state index contributed by atoms with van der Waals surface area (Å²) in [6, 6.07) is -0.409. The standard InChI is InChI=1S/C8H17NO5S/c1-5-8(14-15(3,10)11)6(9)4-7(12-2)13-5/h5-8H,4,9H2,1-3H3/t5-,6+,7+,8-/m0/s1. The lowest BCUT2D eigenvalue weighted by atomic mass is 10.0. The monoisotopic (exact) mass is 239 g/mol. The second-order valence-corrected chi connectivity index (χ2v) is 5.27. The predicted molar refractivity (Wildman–Crippen MR) is 53.7 cm³/mol. The van der Waals surface area contributed by atoms with Crippen molar-refractivity contribution in [2.45, 2.75) is 37.9 Å². The second-order valence-electron chi connectivity index (χ2n) is 3.67. The van der Waals surface area contributed by atoms with Gasteiger partial charge in [0.25, 0.3) is 10.1 Å². The fourth-order valence-electron chi connectivity index (χ4n) is 1.58. The fraction of sp³-hybridized carbons (Fsp3) is 1.00. The zero-order chi connectivity index (χ0) is 11.6. The molecule has 1 rings (SSSR count). The molecule has 0 aromatic heterocycles. The van der Waals surface area contributed by atoms with Crippen molar-refractivity contribution in [1.82, 2.24) is 0 Å². The quantitative estimate of drug-likeness (QED) is 0.664. The predicted octanol–water partition coefficient (Wildman–Crippen LogP) is -0.560. The molecule has 0 spiro atoms. The van der Waals surface area contributed by atoms with Gasteiger partial charge in [-0.15, -0.1) is 0 Å². The molecule has 1 heterocycles. The molecule has 7 heteroatoms. The maximum Gasteiger partial charge on any atom is 0.264 e. The number of ether oxygens (including phenoxy) is 2. The lowest BCUT2D eigenvalue weighted by Crippen LogP contribution is -2.53. The molecule has 0 aromatic carbocycles. The lowest BCUT2D eigenvalue weighted by molar-refractivity contribution is -0.206. The van der Waals surface area contributed by atoms with Crippen LogP contribution in [0.4, 0.5) is 0 Å². The van der Waals surface area contributed by atoms with Gasteiger partial charge >= 0.3 is 0 Å². The molecule has 0 amide bonds. The van der Waals surface area contributed by atoms with Crippen LogP contribution in [0.2, 0.25) is 0 Å². The lowest BCUT2D eigenvalue weighted by Gasteiger charge is -2.37. The Labute approximate surface area is 89.8 Å². The van der Waals surface area contributed by atoms with E-state index in [2.05, 4.69) is 0 Å². The van der Waals surface area contributed by atoms with Gasteiger partial charge in [0.15, 0.2) is 6.29 Å². The molecule has 0 unspecified atom stereocenters. The third kappa shape index (κ3) is 3.69. The molecule has 4 atom stereocenters. The highest BCUT2D eigenvalue weighted by Crippen LogP contribution is 2.22. The Morgan fingerprint density at radius 3 is 2.47 bits per heavy atom. The average Bonchev–Trinajstić information content (AvgIpc) is 2.09. The highest BCUT2D eigenvalue weighted by Gasteiger charge is 2.37. The van der Waals surface area contributed by atoms with Crippen LogP contribution in [0.3, 0.4) is 0 Å². The first-order valence-electron chi connectivity index (χ1n) is 4.65. The SMILES string of the molecule is CO[C@H]1C[C@@H](N)[C@@H](OS(C)(=O)=O)[C@H](C)O1. The van der Waals surface area contributed by atoms with Crippen LogP contribution >= 0.6 is 0 Å². The number of hydrogen-bond donors (Lipinski definition) is 1. The van der Waals surface area contributed by atoms with E-state index in [1.807, 2.05) is 0 Å². The Bertz CT molecular complexity index is 292. The van der Waals surface area contributed by atoms with E-state index in [9.17, 15) is 8.42 Å². The van der Waals surface area contributed by atoms with Crippen molar-refractivity contribution in [2.75, 3.05) is 13.4 Å². The molecular formula is C8H17NO5S. The molecular weight excluding hydrogens is 222 g/mol. The summed E-state index contributed by atoms with van der Waals surface area (Å²) in [4.78, 5) is 0. The highest BCUT2D eigenvalue weighted by molar-refractivity contribution is 7.86. The van der Waals surface area contributed by atoms with Crippen molar-refractivity contribution in [2.24, 2.45) is 5.73 Å². The summed E-state index contributed by atoms with van der Waals surface area (Å²) < 4.78 is 37.2. The molecule has 0 radical (unpaired) electrons. The molecule has 90 valence electrons. The smallest absolute Gasteiger partial charge is 0.264 e. The molecule has 1 saturated heterocycles. The third-order valence-corrected chi connectivity index (χ3v) is 2.84. The van der Waals surface area contributed by atoms with E-state index in [0.717, 1.165) is 6.26 Å². The minimum Gasteiger partial charge on any atom is -0.356 e. The number of methoxy groups -OCH3 is 1. The molecule has 2 N–H and O–H groups in total. The van der Waals surface area contributed by atoms with Crippen LogP contribution in [0.1, 0.15) is 13.3 Å². The van der Waals surface area contributed by atoms with E-state index in [0.29, 0.717) is 6.42 Å². The van der Waals surface area contributed by atoms with Crippen molar-refractivity contribution in [3.63, 3.8) is 0 Å². The van der Waals surface area contributed by atoms with Crippen LogP contribution in [0.5, 0.6) is 0 Å². The van der Waals surface area contributed by atoms with Crippen molar-refractivity contribution in [3.05, 3.63) is 0 Å². The summed E-state index contributed by atoms with van der Waals surface area (Å²) in [7, 11) is -2.00. The van der Waals surface area contributed by atoms with Crippen LogP contribution in [0.15, 0.2) is 0 Å². The van der Waals surface area contributed by atoms with Crippen molar-refractivity contribution < 1.29 is 22.1 Å². The molecule has 1 aliphatic heterocycles. The fourth-order valence-corrected chi connectivity index (χ4v) is 2.28. The van der Waals surface area contributed by atoms with E-state index in [-0.39, 0.29) is 0 Å². The topological polar surface area (TPSA) is 87.9 Å². The molecule has 0 saturated carbocycles. The molecule has 15 heavy (non-hydrogen) atoms. The number of rotatable bonds is 3. The molecule has 6 nitrogen and oxygen atoms in total. The van der Waals surface area contributed by atoms with Crippen LogP contribution in [-0.2, 0) is 23.8 Å². The third-order valence-electron chi connectivity index (χ3n) is 2.26.